The summed E-state index contributed by atoms with van der Waals surface area (Å²) in [5, 5.41) is 28.4. The highest BCUT2D eigenvalue weighted by atomic mass is 19.4. The third-order valence-electron chi connectivity index (χ3n) is 7.33. The molecule has 226 valence electrons. The zero-order valence-electron chi connectivity index (χ0n) is 23.7. The van der Waals surface area contributed by atoms with Crippen LogP contribution in [0.5, 0.6) is 11.5 Å². The fraction of sp³-hybridized carbons (Fsp3) is 0.182. The van der Waals surface area contributed by atoms with Crippen molar-refractivity contribution < 1.29 is 37.7 Å². The van der Waals surface area contributed by atoms with Gasteiger partial charge in [0.1, 0.15) is 11.5 Å². The number of amides is 1. The lowest BCUT2D eigenvalue weighted by Crippen LogP contribution is -2.26. The molecule has 0 aliphatic rings. The van der Waals surface area contributed by atoms with Crippen molar-refractivity contribution in [3.05, 3.63) is 102 Å². The summed E-state index contributed by atoms with van der Waals surface area (Å²) in [6.07, 6.45) is -4.81. The first-order valence-electron chi connectivity index (χ1n) is 13.6. The highest BCUT2D eigenvalue weighted by molar-refractivity contribution is 5.94. The summed E-state index contributed by atoms with van der Waals surface area (Å²) in [4.78, 5) is 23.2. The fourth-order valence-electron chi connectivity index (χ4n) is 4.90. The first kappa shape index (κ1) is 30.1. The van der Waals surface area contributed by atoms with E-state index in [0.29, 0.717) is 17.0 Å². The van der Waals surface area contributed by atoms with E-state index in [0.717, 1.165) is 40.1 Å². The van der Waals surface area contributed by atoms with Crippen molar-refractivity contribution in [2.24, 2.45) is 0 Å². The maximum atomic E-state index is 13.5. The van der Waals surface area contributed by atoms with E-state index in [9.17, 15) is 27.9 Å². The van der Waals surface area contributed by atoms with Crippen LogP contribution in [-0.2, 0) is 11.0 Å². The van der Waals surface area contributed by atoms with E-state index >= 15 is 0 Å². The maximum absolute atomic E-state index is 13.5. The number of alkyl halides is 3. The van der Waals surface area contributed by atoms with Crippen molar-refractivity contribution in [3.63, 3.8) is 0 Å². The molecule has 11 heteroatoms. The van der Waals surface area contributed by atoms with E-state index in [4.69, 9.17) is 9.84 Å². The minimum Gasteiger partial charge on any atom is -0.507 e. The van der Waals surface area contributed by atoms with Gasteiger partial charge in [-0.05, 0) is 77.9 Å². The van der Waals surface area contributed by atoms with Crippen LogP contribution in [0.15, 0.2) is 84.9 Å². The molecule has 0 saturated heterocycles. The summed E-state index contributed by atoms with van der Waals surface area (Å²) in [5.74, 6) is -1.08. The summed E-state index contributed by atoms with van der Waals surface area (Å²) in [6.45, 7) is 1.85. The van der Waals surface area contributed by atoms with Gasteiger partial charge in [-0.1, -0.05) is 30.3 Å². The number of phenols is 1. The van der Waals surface area contributed by atoms with Gasteiger partial charge >= 0.3 is 12.1 Å². The number of hydrogen-bond acceptors (Lipinski definition) is 5. The van der Waals surface area contributed by atoms with Gasteiger partial charge < -0.3 is 20.3 Å². The molecule has 0 spiro atoms. The Bertz CT molecular complexity index is 1850. The Morgan fingerprint density at radius 1 is 0.955 bits per heavy atom. The summed E-state index contributed by atoms with van der Waals surface area (Å²) >= 11 is 0. The molecule has 1 heterocycles. The van der Waals surface area contributed by atoms with Crippen LogP contribution in [0.4, 0.5) is 13.2 Å². The number of carbonyl (C=O) groups is 2. The summed E-state index contributed by atoms with van der Waals surface area (Å²) in [7, 11) is 1.58. The highest BCUT2D eigenvalue weighted by Crippen LogP contribution is 2.39. The number of halogens is 3. The van der Waals surface area contributed by atoms with E-state index in [1.807, 2.05) is 43.3 Å². The lowest BCUT2D eigenvalue weighted by atomic mass is 10.0. The van der Waals surface area contributed by atoms with Gasteiger partial charge in [0.15, 0.2) is 0 Å². The number of aromatic hydroxyl groups is 1. The number of carbonyl (C=O) groups excluding carboxylic acids is 1. The van der Waals surface area contributed by atoms with Crippen molar-refractivity contribution in [3.8, 4) is 34.0 Å². The van der Waals surface area contributed by atoms with Gasteiger partial charge in [-0.15, -0.1) is 0 Å². The van der Waals surface area contributed by atoms with Crippen molar-refractivity contribution in [2.45, 2.75) is 25.6 Å². The molecule has 1 aromatic heterocycles. The largest absolute Gasteiger partial charge is 0.507 e. The Kier molecular flexibility index (Phi) is 8.30. The minimum atomic E-state index is -4.61. The number of rotatable bonds is 9. The SMILES string of the molecule is COc1ccc2cc(-c3cc(-c4cc(C(F)(F)F)ccc4O)nn3[C@@H](C)c3ccc(C(=O)NCCC(=O)O)cc3)ccc2c1. The summed E-state index contributed by atoms with van der Waals surface area (Å²) < 4.78 is 47.6. The molecule has 5 aromatic rings. The van der Waals surface area contributed by atoms with Gasteiger partial charge in [0.2, 0.25) is 0 Å². The molecule has 5 rings (SSSR count). The van der Waals surface area contributed by atoms with Crippen LogP contribution in [0.3, 0.4) is 0 Å². The van der Waals surface area contributed by atoms with Gasteiger partial charge in [-0.3, -0.25) is 14.3 Å². The summed E-state index contributed by atoms with van der Waals surface area (Å²) in [6, 6.07) is 21.9. The van der Waals surface area contributed by atoms with Crippen LogP contribution in [-0.4, -0.2) is 45.5 Å². The monoisotopic (exact) mass is 603 g/mol. The molecule has 0 bridgehead atoms. The third kappa shape index (κ3) is 6.36. The van der Waals surface area contributed by atoms with Crippen molar-refractivity contribution in [2.75, 3.05) is 13.7 Å². The normalized spacial score (nSPS) is 12.2. The zero-order chi connectivity index (χ0) is 31.6. The number of benzene rings is 4. The Labute approximate surface area is 250 Å². The number of nitrogens with one attached hydrogen (secondary N) is 1. The van der Waals surface area contributed by atoms with Crippen LogP contribution >= 0.6 is 0 Å². The number of carboxylic acid groups (broad SMARTS) is 1. The molecule has 0 aliphatic carbocycles. The second kappa shape index (κ2) is 12.1. The first-order chi connectivity index (χ1) is 20.9. The van der Waals surface area contributed by atoms with Crippen LogP contribution < -0.4 is 10.1 Å². The second-order valence-electron chi connectivity index (χ2n) is 10.2. The molecule has 0 saturated carbocycles. The van der Waals surface area contributed by atoms with Gasteiger partial charge in [-0.25, -0.2) is 0 Å². The fourth-order valence-corrected chi connectivity index (χ4v) is 4.90. The average Bonchev–Trinajstić information content (AvgIpc) is 3.45. The molecular weight excluding hydrogens is 575 g/mol. The Balaban J connectivity index is 1.56. The third-order valence-corrected chi connectivity index (χ3v) is 7.33. The highest BCUT2D eigenvalue weighted by Gasteiger charge is 2.32. The van der Waals surface area contributed by atoms with Crippen LogP contribution in [0.2, 0.25) is 0 Å². The molecule has 1 amide bonds. The molecule has 0 fully saturated rings. The number of nitrogens with zero attached hydrogens (tertiary/aromatic N) is 2. The van der Waals surface area contributed by atoms with E-state index in [-0.39, 0.29) is 30.0 Å². The number of carboxylic acids is 1. The van der Waals surface area contributed by atoms with E-state index in [1.165, 1.54) is 0 Å². The predicted octanol–water partition coefficient (Wildman–Crippen LogP) is 6.92. The molecule has 4 aromatic carbocycles. The van der Waals surface area contributed by atoms with Gasteiger partial charge in [0, 0.05) is 23.2 Å². The smallest absolute Gasteiger partial charge is 0.416 e. The lowest BCUT2D eigenvalue weighted by Gasteiger charge is -2.17. The number of hydrogen-bond donors (Lipinski definition) is 3. The number of aliphatic carboxylic acids is 1. The zero-order valence-corrected chi connectivity index (χ0v) is 23.7. The van der Waals surface area contributed by atoms with E-state index < -0.39 is 29.7 Å². The number of ether oxygens (including phenoxy) is 1. The maximum Gasteiger partial charge on any atom is 0.416 e. The number of aromatic nitrogens is 2. The van der Waals surface area contributed by atoms with E-state index in [1.54, 1.807) is 42.1 Å². The predicted molar refractivity (Wildman–Crippen MR) is 159 cm³/mol. The molecule has 44 heavy (non-hydrogen) atoms. The second-order valence-corrected chi connectivity index (χ2v) is 10.2. The van der Waals surface area contributed by atoms with Crippen molar-refractivity contribution in [1.29, 1.82) is 0 Å². The number of fused-ring (bicyclic) bond motifs is 1. The first-order valence-corrected chi connectivity index (χ1v) is 13.6. The standard InChI is InChI=1S/C33H28F3N3O5/c1-19(20-3-5-21(6-4-20)32(43)37-14-13-31(41)42)39-29(24-8-7-23-16-26(44-2)11-9-22(23)15-24)18-28(38-39)27-17-25(33(34,35)36)10-12-30(27)40/h3-12,15-19,40H,13-14H2,1-2H3,(H,37,43)(H,41,42)/t19-/m0/s1. The van der Waals surface area contributed by atoms with Crippen LogP contribution in [0.25, 0.3) is 33.3 Å². The Hall–Kier alpha value is -5.32. The molecule has 1 atom stereocenters. The van der Waals surface area contributed by atoms with Crippen LogP contribution in [0.1, 0.15) is 40.9 Å². The number of methoxy groups -OCH3 is 1. The van der Waals surface area contributed by atoms with Gasteiger partial charge in [-0.2, -0.15) is 18.3 Å². The van der Waals surface area contributed by atoms with Crippen molar-refractivity contribution in [1.82, 2.24) is 15.1 Å². The average molecular weight is 604 g/mol. The quantitative estimate of drug-likeness (QED) is 0.169. The Morgan fingerprint density at radius 3 is 2.34 bits per heavy atom. The topological polar surface area (TPSA) is 114 Å². The molecule has 0 aliphatic heterocycles. The molecule has 0 radical (unpaired) electrons. The van der Waals surface area contributed by atoms with E-state index in [2.05, 4.69) is 10.4 Å². The molecule has 0 unspecified atom stereocenters. The van der Waals surface area contributed by atoms with Gasteiger partial charge in [0.25, 0.3) is 5.91 Å². The molecule has 3 N–H and O–H groups in total. The van der Waals surface area contributed by atoms with Gasteiger partial charge in [0.05, 0.1) is 36.5 Å². The summed E-state index contributed by atoms with van der Waals surface area (Å²) in [5.41, 5.74) is 1.61. The van der Waals surface area contributed by atoms with Crippen LogP contribution in [0, 0.1) is 0 Å². The minimum absolute atomic E-state index is 0.00727. The van der Waals surface area contributed by atoms with Crippen molar-refractivity contribution >= 4 is 22.6 Å². The Morgan fingerprint density at radius 2 is 1.66 bits per heavy atom. The lowest BCUT2D eigenvalue weighted by molar-refractivity contribution is -0.138. The molecular formula is C33H28F3N3O5. The molecule has 8 nitrogen and oxygen atoms in total. The number of phenolic OH excluding ortho intramolecular Hbond substituents is 1.